The van der Waals surface area contributed by atoms with Crippen molar-refractivity contribution in [3.05, 3.63) is 43.5 Å². The molecule has 0 bridgehead atoms. The predicted octanol–water partition coefficient (Wildman–Crippen LogP) is 5.02. The predicted molar refractivity (Wildman–Crippen MR) is 162 cm³/mol. The standard InChI is InChI=1S/C26H30BrN3O7S3/c1-5-35-11-10-30-17-9-8-16(27)12-18(17)39-26(30)29-20(32)14-38-13-19(31)28-23-21(24(33)36-6-2)15(4)22(40-23)25(34)37-7-3/h8-9,12H,5-7,10-11,13-14H2,1-4H3,(H,28,31). The molecular weight excluding hydrogens is 642 g/mol. The second-order valence-corrected chi connectivity index (χ2v) is 12.0. The molecule has 2 heterocycles. The van der Waals surface area contributed by atoms with Crippen LogP contribution in [0, 0.1) is 6.92 Å². The van der Waals surface area contributed by atoms with E-state index in [0.717, 1.165) is 37.8 Å². The van der Waals surface area contributed by atoms with E-state index >= 15 is 0 Å². The minimum absolute atomic E-state index is 0.0148. The normalized spacial score (nSPS) is 11.6. The van der Waals surface area contributed by atoms with Crippen molar-refractivity contribution in [3.8, 4) is 0 Å². The molecule has 0 saturated heterocycles. The Morgan fingerprint density at radius 2 is 1.75 bits per heavy atom. The van der Waals surface area contributed by atoms with E-state index in [2.05, 4.69) is 26.2 Å². The molecule has 0 fully saturated rings. The van der Waals surface area contributed by atoms with Gasteiger partial charge in [-0.15, -0.1) is 23.1 Å². The maximum Gasteiger partial charge on any atom is 0.348 e. The Morgan fingerprint density at radius 3 is 2.45 bits per heavy atom. The van der Waals surface area contributed by atoms with Crippen molar-refractivity contribution in [3.63, 3.8) is 0 Å². The lowest BCUT2D eigenvalue weighted by Gasteiger charge is -2.07. The molecule has 3 rings (SSSR count). The molecule has 0 radical (unpaired) electrons. The zero-order valence-corrected chi connectivity index (χ0v) is 26.6. The Hall–Kier alpha value is -2.52. The van der Waals surface area contributed by atoms with Gasteiger partial charge in [-0.05, 0) is 51.5 Å². The number of fused-ring (bicyclic) bond motifs is 1. The fourth-order valence-corrected chi connectivity index (χ4v) is 6.95. The molecule has 0 aliphatic rings. The van der Waals surface area contributed by atoms with Crippen LogP contribution in [-0.4, -0.2) is 66.3 Å². The second-order valence-electron chi connectivity index (χ2n) is 8.09. The summed E-state index contributed by atoms with van der Waals surface area (Å²) in [7, 11) is 0. The summed E-state index contributed by atoms with van der Waals surface area (Å²) in [5, 5.41) is 2.88. The van der Waals surface area contributed by atoms with Gasteiger partial charge < -0.3 is 24.1 Å². The van der Waals surface area contributed by atoms with Gasteiger partial charge in [0.15, 0.2) is 4.80 Å². The first-order valence-electron chi connectivity index (χ1n) is 12.5. The average Bonchev–Trinajstić information content (AvgIpc) is 3.40. The highest BCUT2D eigenvalue weighted by Gasteiger charge is 2.27. The number of thioether (sulfide) groups is 1. The van der Waals surface area contributed by atoms with Crippen LogP contribution in [0.3, 0.4) is 0 Å². The Balaban J connectivity index is 1.70. The molecule has 10 nitrogen and oxygen atoms in total. The number of hydrogen-bond acceptors (Lipinski definition) is 10. The topological polar surface area (TPSA) is 125 Å². The molecule has 0 aliphatic carbocycles. The van der Waals surface area contributed by atoms with Crippen molar-refractivity contribution >= 4 is 89.3 Å². The Morgan fingerprint density at radius 1 is 1.02 bits per heavy atom. The van der Waals surface area contributed by atoms with Gasteiger partial charge in [-0.3, -0.25) is 9.59 Å². The van der Waals surface area contributed by atoms with Crippen LogP contribution in [0.15, 0.2) is 27.7 Å². The number of halogens is 1. The van der Waals surface area contributed by atoms with Gasteiger partial charge in [-0.1, -0.05) is 27.3 Å². The number of thiophene rings is 1. The summed E-state index contributed by atoms with van der Waals surface area (Å²) in [6, 6.07) is 5.88. The summed E-state index contributed by atoms with van der Waals surface area (Å²) < 4.78 is 19.5. The number of rotatable bonds is 13. The van der Waals surface area contributed by atoms with Crippen LogP contribution in [0.1, 0.15) is 46.4 Å². The van der Waals surface area contributed by atoms with Crippen molar-refractivity contribution in [2.24, 2.45) is 4.99 Å². The monoisotopic (exact) mass is 671 g/mol. The van der Waals surface area contributed by atoms with Crippen molar-refractivity contribution in [2.75, 3.05) is 43.3 Å². The van der Waals surface area contributed by atoms with Crippen molar-refractivity contribution in [1.82, 2.24) is 4.57 Å². The summed E-state index contributed by atoms with van der Waals surface area (Å²) in [5.74, 6) is -2.10. The van der Waals surface area contributed by atoms with E-state index in [1.54, 1.807) is 20.8 Å². The first kappa shape index (κ1) is 32.0. The minimum Gasteiger partial charge on any atom is -0.462 e. The lowest BCUT2D eigenvalue weighted by atomic mass is 10.1. The van der Waals surface area contributed by atoms with Crippen LogP contribution in [-0.2, 0) is 30.3 Å². The summed E-state index contributed by atoms with van der Waals surface area (Å²) >= 11 is 6.94. The van der Waals surface area contributed by atoms with Crippen LogP contribution in [0.2, 0.25) is 0 Å². The first-order valence-corrected chi connectivity index (χ1v) is 16.1. The zero-order chi connectivity index (χ0) is 29.2. The van der Waals surface area contributed by atoms with E-state index in [0.29, 0.717) is 30.1 Å². The molecule has 2 aromatic heterocycles. The molecule has 3 aromatic rings. The zero-order valence-electron chi connectivity index (χ0n) is 22.5. The minimum atomic E-state index is -0.642. The van der Waals surface area contributed by atoms with E-state index < -0.39 is 17.8 Å². The molecule has 1 aromatic carbocycles. The largest absolute Gasteiger partial charge is 0.462 e. The number of benzene rings is 1. The molecule has 216 valence electrons. The maximum absolute atomic E-state index is 12.7. The Bertz CT molecular complexity index is 1460. The summed E-state index contributed by atoms with van der Waals surface area (Å²) in [4.78, 5) is 55.3. The van der Waals surface area contributed by atoms with Gasteiger partial charge in [0.1, 0.15) is 9.88 Å². The van der Waals surface area contributed by atoms with Crippen LogP contribution in [0.4, 0.5) is 5.00 Å². The number of carbonyl (C=O) groups is 4. The van der Waals surface area contributed by atoms with E-state index in [1.165, 1.54) is 11.3 Å². The molecule has 0 spiro atoms. The second kappa shape index (κ2) is 15.5. The van der Waals surface area contributed by atoms with Crippen LogP contribution in [0.5, 0.6) is 0 Å². The van der Waals surface area contributed by atoms with Gasteiger partial charge in [0, 0.05) is 17.6 Å². The van der Waals surface area contributed by atoms with Gasteiger partial charge >= 0.3 is 11.9 Å². The lowest BCUT2D eigenvalue weighted by molar-refractivity contribution is -0.115. The summed E-state index contributed by atoms with van der Waals surface area (Å²) in [6.45, 7) is 8.82. The number of esters is 2. The fourth-order valence-electron chi connectivity index (χ4n) is 3.62. The highest BCUT2D eigenvalue weighted by molar-refractivity contribution is 9.10. The van der Waals surface area contributed by atoms with Gasteiger partial charge in [0.25, 0.3) is 5.91 Å². The number of hydrogen-bond donors (Lipinski definition) is 1. The van der Waals surface area contributed by atoms with E-state index in [1.807, 2.05) is 29.7 Å². The molecule has 1 N–H and O–H groups in total. The van der Waals surface area contributed by atoms with Crippen molar-refractivity contribution in [1.29, 1.82) is 0 Å². The van der Waals surface area contributed by atoms with Gasteiger partial charge in [-0.25, -0.2) is 9.59 Å². The quantitative estimate of drug-likeness (QED) is 0.198. The number of thiazole rings is 1. The third-order valence-corrected chi connectivity index (χ3v) is 8.97. The molecule has 2 amide bonds. The van der Waals surface area contributed by atoms with Crippen LogP contribution >= 0.6 is 50.4 Å². The average molecular weight is 673 g/mol. The number of aromatic nitrogens is 1. The number of nitrogens with one attached hydrogen (secondary N) is 1. The van der Waals surface area contributed by atoms with E-state index in [-0.39, 0.29) is 46.1 Å². The van der Waals surface area contributed by atoms with Gasteiger partial charge in [0.2, 0.25) is 5.91 Å². The molecule has 14 heteroatoms. The number of amides is 2. The third-order valence-electron chi connectivity index (χ3n) is 5.33. The van der Waals surface area contributed by atoms with Crippen LogP contribution in [0.25, 0.3) is 10.2 Å². The number of ether oxygens (including phenoxy) is 3. The molecule has 0 aliphatic heterocycles. The first-order chi connectivity index (χ1) is 19.2. The molecule has 0 unspecified atom stereocenters. The number of carbonyl (C=O) groups excluding carboxylic acids is 4. The lowest BCUT2D eigenvalue weighted by Crippen LogP contribution is -2.20. The third kappa shape index (κ3) is 8.26. The molecular formula is C26H30BrN3O7S3. The molecule has 40 heavy (non-hydrogen) atoms. The Labute approximate surface area is 252 Å². The molecule has 0 saturated carbocycles. The van der Waals surface area contributed by atoms with Gasteiger partial charge in [0.05, 0.1) is 47.1 Å². The van der Waals surface area contributed by atoms with Crippen molar-refractivity contribution in [2.45, 2.75) is 34.2 Å². The number of anilines is 1. The SMILES string of the molecule is CCOCCn1c(=NC(=O)CSCC(=O)Nc2sc(C(=O)OCC)c(C)c2C(=O)OCC)sc2cc(Br)ccc21. The van der Waals surface area contributed by atoms with Crippen molar-refractivity contribution < 1.29 is 33.4 Å². The summed E-state index contributed by atoms with van der Waals surface area (Å²) in [5.41, 5.74) is 1.46. The maximum atomic E-state index is 12.7. The Kier molecular flexibility index (Phi) is 12.4. The summed E-state index contributed by atoms with van der Waals surface area (Å²) in [6.07, 6.45) is 0. The number of nitrogens with zero attached hydrogens (tertiary/aromatic N) is 2. The fraction of sp³-hybridized carbons (Fsp3) is 0.423. The highest BCUT2D eigenvalue weighted by Crippen LogP contribution is 2.34. The van der Waals surface area contributed by atoms with E-state index in [4.69, 9.17) is 14.2 Å². The van der Waals surface area contributed by atoms with E-state index in [9.17, 15) is 19.2 Å². The smallest absolute Gasteiger partial charge is 0.348 e. The highest BCUT2D eigenvalue weighted by atomic mass is 79.9. The molecule has 0 atom stereocenters. The van der Waals surface area contributed by atoms with Gasteiger partial charge in [-0.2, -0.15) is 4.99 Å². The van der Waals surface area contributed by atoms with Crippen LogP contribution < -0.4 is 10.1 Å².